The van der Waals surface area contributed by atoms with E-state index < -0.39 is 0 Å². The fourth-order valence-electron chi connectivity index (χ4n) is 0.947. The first kappa shape index (κ1) is 11.0. The van der Waals surface area contributed by atoms with Crippen LogP contribution < -0.4 is 5.32 Å². The number of hydrogen-bond acceptors (Lipinski definition) is 3. The minimum Gasteiger partial charge on any atom is -0.380 e. The highest BCUT2D eigenvalue weighted by molar-refractivity contribution is 7.10. The fourth-order valence-corrected chi connectivity index (χ4v) is 1.99. The van der Waals surface area contributed by atoms with E-state index in [-0.39, 0.29) is 0 Å². The number of halogens is 1. The van der Waals surface area contributed by atoms with Gasteiger partial charge in [0, 0.05) is 30.0 Å². The van der Waals surface area contributed by atoms with Crippen molar-refractivity contribution in [2.75, 3.05) is 19.8 Å². The van der Waals surface area contributed by atoms with Gasteiger partial charge in [0.1, 0.15) is 0 Å². The Bertz CT molecular complexity index is 239. The van der Waals surface area contributed by atoms with Gasteiger partial charge in [-0.05, 0) is 13.0 Å². The van der Waals surface area contributed by atoms with E-state index in [1.807, 2.05) is 18.4 Å². The molecule has 1 aromatic heterocycles. The molecule has 0 saturated carbocycles. The summed E-state index contributed by atoms with van der Waals surface area (Å²) in [6, 6.07) is 1.99. The van der Waals surface area contributed by atoms with Crippen LogP contribution in [0.5, 0.6) is 0 Å². The summed E-state index contributed by atoms with van der Waals surface area (Å²) in [5.74, 6) is 0. The van der Waals surface area contributed by atoms with Crippen molar-refractivity contribution >= 4 is 22.9 Å². The molecule has 1 N–H and O–H groups in total. The minimum absolute atomic E-state index is 0.773. The molecular weight excluding hydrogens is 206 g/mol. The van der Waals surface area contributed by atoms with Crippen molar-refractivity contribution in [3.05, 3.63) is 21.3 Å². The van der Waals surface area contributed by atoms with Crippen LogP contribution in [0.4, 0.5) is 0 Å². The zero-order valence-electron chi connectivity index (χ0n) is 7.68. The normalized spacial score (nSPS) is 10.6. The van der Waals surface area contributed by atoms with E-state index in [1.165, 1.54) is 4.88 Å². The molecule has 13 heavy (non-hydrogen) atoms. The van der Waals surface area contributed by atoms with Crippen molar-refractivity contribution in [3.63, 3.8) is 0 Å². The molecule has 1 aromatic rings. The smallest absolute Gasteiger partial charge is 0.0590 e. The zero-order chi connectivity index (χ0) is 9.52. The lowest BCUT2D eigenvalue weighted by atomic mass is 10.4. The van der Waals surface area contributed by atoms with E-state index in [4.69, 9.17) is 16.3 Å². The monoisotopic (exact) mass is 219 g/mol. The Balaban J connectivity index is 2.06. The Morgan fingerprint density at radius 3 is 3.08 bits per heavy atom. The van der Waals surface area contributed by atoms with Crippen LogP contribution in [0.1, 0.15) is 11.8 Å². The van der Waals surface area contributed by atoms with Gasteiger partial charge in [0.15, 0.2) is 0 Å². The Hall–Kier alpha value is -0.0900. The van der Waals surface area contributed by atoms with Gasteiger partial charge in [-0.1, -0.05) is 11.6 Å². The second-order valence-corrected chi connectivity index (χ2v) is 4.04. The third kappa shape index (κ3) is 4.62. The molecule has 0 atom stereocenters. The van der Waals surface area contributed by atoms with Crippen LogP contribution >= 0.6 is 22.9 Å². The predicted molar refractivity (Wildman–Crippen MR) is 57.5 cm³/mol. The van der Waals surface area contributed by atoms with Crippen molar-refractivity contribution in [2.24, 2.45) is 0 Å². The van der Waals surface area contributed by atoms with Gasteiger partial charge in [-0.3, -0.25) is 0 Å². The molecule has 1 heterocycles. The third-order valence-electron chi connectivity index (χ3n) is 1.55. The largest absolute Gasteiger partial charge is 0.380 e. The molecule has 0 fully saturated rings. The van der Waals surface area contributed by atoms with Crippen LogP contribution in [-0.4, -0.2) is 19.8 Å². The lowest BCUT2D eigenvalue weighted by Crippen LogP contribution is -2.18. The summed E-state index contributed by atoms with van der Waals surface area (Å²) in [7, 11) is 0. The standard InChI is InChI=1S/C9H14ClNOS/c1-2-12-4-3-11-6-9-5-8(10)7-13-9/h5,7,11H,2-4,6H2,1H3. The van der Waals surface area contributed by atoms with Crippen molar-refractivity contribution in [3.8, 4) is 0 Å². The molecule has 0 radical (unpaired) electrons. The van der Waals surface area contributed by atoms with E-state index in [0.717, 1.165) is 31.3 Å². The van der Waals surface area contributed by atoms with Gasteiger partial charge in [-0.15, -0.1) is 11.3 Å². The SMILES string of the molecule is CCOCCNCc1cc(Cl)cs1. The van der Waals surface area contributed by atoms with E-state index in [1.54, 1.807) is 11.3 Å². The van der Waals surface area contributed by atoms with E-state index in [9.17, 15) is 0 Å². The molecule has 0 saturated heterocycles. The van der Waals surface area contributed by atoms with Gasteiger partial charge >= 0.3 is 0 Å². The van der Waals surface area contributed by atoms with Crippen molar-refractivity contribution < 1.29 is 4.74 Å². The number of nitrogens with one attached hydrogen (secondary N) is 1. The Morgan fingerprint density at radius 2 is 2.46 bits per heavy atom. The summed E-state index contributed by atoms with van der Waals surface area (Å²) in [4.78, 5) is 1.27. The van der Waals surface area contributed by atoms with E-state index >= 15 is 0 Å². The summed E-state index contributed by atoms with van der Waals surface area (Å²) in [6.07, 6.45) is 0. The molecule has 1 rings (SSSR count). The second kappa shape index (κ2) is 6.38. The maximum absolute atomic E-state index is 5.78. The first-order valence-corrected chi connectivity index (χ1v) is 5.60. The van der Waals surface area contributed by atoms with Crippen LogP contribution in [0, 0.1) is 0 Å². The summed E-state index contributed by atoms with van der Waals surface area (Å²) in [5, 5.41) is 6.05. The van der Waals surface area contributed by atoms with Gasteiger partial charge in [-0.25, -0.2) is 0 Å². The topological polar surface area (TPSA) is 21.3 Å². The molecule has 0 aliphatic rings. The first-order chi connectivity index (χ1) is 6.33. The molecule has 2 nitrogen and oxygen atoms in total. The number of hydrogen-bond donors (Lipinski definition) is 1. The van der Waals surface area contributed by atoms with Crippen molar-refractivity contribution in [1.29, 1.82) is 0 Å². The molecule has 0 aliphatic carbocycles. The van der Waals surface area contributed by atoms with Crippen molar-refractivity contribution in [2.45, 2.75) is 13.5 Å². The quantitative estimate of drug-likeness (QED) is 0.743. The molecular formula is C9H14ClNOS. The highest BCUT2D eigenvalue weighted by atomic mass is 35.5. The average molecular weight is 220 g/mol. The first-order valence-electron chi connectivity index (χ1n) is 4.34. The maximum atomic E-state index is 5.78. The van der Waals surface area contributed by atoms with Gasteiger partial charge in [0.2, 0.25) is 0 Å². The number of thiophene rings is 1. The average Bonchev–Trinajstić information content (AvgIpc) is 2.51. The Kier molecular flexibility index (Phi) is 5.39. The molecule has 0 amide bonds. The lowest BCUT2D eigenvalue weighted by molar-refractivity contribution is 0.149. The highest BCUT2D eigenvalue weighted by Crippen LogP contribution is 2.18. The van der Waals surface area contributed by atoms with E-state index in [2.05, 4.69) is 5.32 Å². The van der Waals surface area contributed by atoms with Crippen molar-refractivity contribution in [1.82, 2.24) is 5.32 Å². The minimum atomic E-state index is 0.773. The Morgan fingerprint density at radius 1 is 1.62 bits per heavy atom. The summed E-state index contributed by atoms with van der Waals surface area (Å²) < 4.78 is 5.19. The number of ether oxygens (including phenoxy) is 1. The lowest BCUT2D eigenvalue weighted by Gasteiger charge is -2.02. The van der Waals surface area contributed by atoms with Crippen LogP contribution in [0.2, 0.25) is 5.02 Å². The summed E-state index contributed by atoms with van der Waals surface area (Å²) in [5.41, 5.74) is 0. The highest BCUT2D eigenvalue weighted by Gasteiger charge is 1.96. The molecule has 4 heteroatoms. The fraction of sp³-hybridized carbons (Fsp3) is 0.556. The van der Waals surface area contributed by atoms with E-state index in [0.29, 0.717) is 0 Å². The zero-order valence-corrected chi connectivity index (χ0v) is 9.25. The predicted octanol–water partition coefficient (Wildman–Crippen LogP) is 2.53. The molecule has 74 valence electrons. The molecule has 0 aromatic carbocycles. The maximum Gasteiger partial charge on any atom is 0.0590 e. The van der Waals surface area contributed by atoms with Gasteiger partial charge in [-0.2, -0.15) is 0 Å². The summed E-state index contributed by atoms with van der Waals surface area (Å²) >= 11 is 7.46. The third-order valence-corrected chi connectivity index (χ3v) is 2.83. The molecule has 0 bridgehead atoms. The van der Waals surface area contributed by atoms with Crippen LogP contribution in [0.15, 0.2) is 11.4 Å². The van der Waals surface area contributed by atoms with Gasteiger partial charge in [0.05, 0.1) is 11.6 Å². The molecule has 0 aliphatic heterocycles. The number of rotatable bonds is 6. The van der Waals surface area contributed by atoms with Crippen LogP contribution in [-0.2, 0) is 11.3 Å². The van der Waals surface area contributed by atoms with Crippen LogP contribution in [0.25, 0.3) is 0 Å². The summed E-state index contributed by atoms with van der Waals surface area (Å²) in [6.45, 7) is 5.33. The molecule has 0 unspecified atom stereocenters. The van der Waals surface area contributed by atoms with Gasteiger partial charge in [0.25, 0.3) is 0 Å². The second-order valence-electron chi connectivity index (χ2n) is 2.60. The van der Waals surface area contributed by atoms with Crippen LogP contribution in [0.3, 0.4) is 0 Å². The molecule has 0 spiro atoms. The van der Waals surface area contributed by atoms with Gasteiger partial charge < -0.3 is 10.1 Å². The Labute approximate surface area is 87.9 Å².